The number of carboxylic acid groups (broad SMARTS) is 1. The molecule has 0 saturated heterocycles. The van der Waals surface area contributed by atoms with Crippen LogP contribution in [-0.2, 0) is 11.2 Å². The number of hydrogen-bond donors (Lipinski definition) is 3. The summed E-state index contributed by atoms with van der Waals surface area (Å²) in [6, 6.07) is 8.76. The van der Waals surface area contributed by atoms with Crippen LogP contribution in [0.2, 0.25) is 0 Å². The molecule has 1 aromatic rings. The third-order valence-electron chi connectivity index (χ3n) is 2.60. The van der Waals surface area contributed by atoms with E-state index in [-0.39, 0.29) is 12.5 Å². The minimum atomic E-state index is -0.827. The van der Waals surface area contributed by atoms with Crippen molar-refractivity contribution in [2.45, 2.75) is 25.7 Å². The van der Waals surface area contributed by atoms with Crippen LogP contribution in [0.3, 0.4) is 0 Å². The second kappa shape index (κ2) is 8.53. The molecule has 0 atom stereocenters. The lowest BCUT2D eigenvalue weighted by molar-refractivity contribution is -0.137. The van der Waals surface area contributed by atoms with Crippen LogP contribution < -0.4 is 10.6 Å². The summed E-state index contributed by atoms with van der Waals surface area (Å²) in [6.07, 6.45) is 1.62. The standard InChI is InChI=1S/C14H17N3O3/c15-9-8-11-4-6-12(7-5-11)17-14(20)16-10-2-1-3-13(18)19/h4-7H,1-3,8,10H2,(H,18,19)(H2,16,17,20). The van der Waals surface area contributed by atoms with Crippen molar-refractivity contribution < 1.29 is 14.7 Å². The number of anilines is 1. The number of nitrogens with zero attached hydrogens (tertiary/aromatic N) is 1. The molecule has 1 aromatic carbocycles. The Morgan fingerprint density at radius 3 is 2.50 bits per heavy atom. The minimum Gasteiger partial charge on any atom is -0.481 e. The summed E-state index contributed by atoms with van der Waals surface area (Å²) < 4.78 is 0. The van der Waals surface area contributed by atoms with Gasteiger partial charge >= 0.3 is 12.0 Å². The number of unbranched alkanes of at least 4 members (excludes halogenated alkanes) is 1. The van der Waals surface area contributed by atoms with Crippen molar-refractivity contribution in [3.8, 4) is 6.07 Å². The Labute approximate surface area is 117 Å². The van der Waals surface area contributed by atoms with E-state index in [0.29, 0.717) is 31.5 Å². The summed E-state index contributed by atoms with van der Waals surface area (Å²) in [6.45, 7) is 0.436. The molecule has 0 aliphatic carbocycles. The number of urea groups is 1. The van der Waals surface area contributed by atoms with Gasteiger partial charge in [-0.2, -0.15) is 5.26 Å². The van der Waals surface area contributed by atoms with Gasteiger partial charge in [-0.1, -0.05) is 12.1 Å². The SMILES string of the molecule is N#CCc1ccc(NC(=O)NCCCCC(=O)O)cc1. The Bertz CT molecular complexity index is 491. The number of amides is 2. The van der Waals surface area contributed by atoms with Crippen molar-refractivity contribution in [3.05, 3.63) is 29.8 Å². The van der Waals surface area contributed by atoms with Crippen molar-refractivity contribution in [1.29, 1.82) is 5.26 Å². The first-order chi connectivity index (χ1) is 9.61. The van der Waals surface area contributed by atoms with E-state index >= 15 is 0 Å². The van der Waals surface area contributed by atoms with Gasteiger partial charge in [0.15, 0.2) is 0 Å². The number of carbonyl (C=O) groups excluding carboxylic acids is 1. The highest BCUT2D eigenvalue weighted by Gasteiger charge is 2.02. The molecule has 1 rings (SSSR count). The van der Waals surface area contributed by atoms with E-state index in [1.54, 1.807) is 24.3 Å². The average molecular weight is 275 g/mol. The first-order valence-electron chi connectivity index (χ1n) is 6.34. The monoisotopic (exact) mass is 275 g/mol. The summed E-state index contributed by atoms with van der Waals surface area (Å²) in [7, 11) is 0. The molecule has 0 radical (unpaired) electrons. The van der Waals surface area contributed by atoms with Gasteiger partial charge in [-0.25, -0.2) is 4.79 Å². The van der Waals surface area contributed by atoms with Crippen LogP contribution in [0.25, 0.3) is 0 Å². The van der Waals surface area contributed by atoms with Gasteiger partial charge in [0.1, 0.15) is 0 Å². The molecule has 3 N–H and O–H groups in total. The fourth-order valence-electron chi connectivity index (χ4n) is 1.58. The summed E-state index contributed by atoms with van der Waals surface area (Å²) in [4.78, 5) is 21.8. The van der Waals surface area contributed by atoms with E-state index in [1.165, 1.54) is 0 Å². The highest BCUT2D eigenvalue weighted by Crippen LogP contribution is 2.09. The van der Waals surface area contributed by atoms with Crippen molar-refractivity contribution in [1.82, 2.24) is 5.32 Å². The van der Waals surface area contributed by atoms with Gasteiger partial charge in [-0.15, -0.1) is 0 Å². The third-order valence-corrected chi connectivity index (χ3v) is 2.60. The lowest BCUT2D eigenvalue weighted by Gasteiger charge is -2.07. The second-order valence-electron chi connectivity index (χ2n) is 4.26. The summed E-state index contributed by atoms with van der Waals surface area (Å²) in [5, 5.41) is 22.3. The normalized spacial score (nSPS) is 9.55. The fraction of sp³-hybridized carbons (Fsp3) is 0.357. The van der Waals surface area contributed by atoms with Gasteiger partial charge < -0.3 is 15.7 Å². The van der Waals surface area contributed by atoms with E-state index in [0.717, 1.165) is 5.56 Å². The lowest BCUT2D eigenvalue weighted by atomic mass is 10.1. The van der Waals surface area contributed by atoms with Gasteiger partial charge in [0.2, 0.25) is 0 Å². The van der Waals surface area contributed by atoms with Crippen molar-refractivity contribution in [2.75, 3.05) is 11.9 Å². The number of carboxylic acids is 1. The molecule has 0 aromatic heterocycles. The quantitative estimate of drug-likeness (QED) is 0.663. The van der Waals surface area contributed by atoms with Gasteiger partial charge in [0.05, 0.1) is 12.5 Å². The maximum atomic E-state index is 11.5. The number of benzene rings is 1. The van der Waals surface area contributed by atoms with E-state index in [9.17, 15) is 9.59 Å². The molecule has 6 heteroatoms. The van der Waals surface area contributed by atoms with Crippen LogP contribution in [0.4, 0.5) is 10.5 Å². The zero-order valence-corrected chi connectivity index (χ0v) is 11.1. The molecule has 0 unspecified atom stereocenters. The molecule has 0 fully saturated rings. The van der Waals surface area contributed by atoms with Crippen LogP contribution in [0.5, 0.6) is 0 Å². The molecule has 0 saturated carbocycles. The predicted octanol–water partition coefficient (Wildman–Crippen LogP) is 2.13. The molecule has 2 amide bonds. The van der Waals surface area contributed by atoms with E-state index in [2.05, 4.69) is 16.7 Å². The van der Waals surface area contributed by atoms with Gasteiger partial charge in [0, 0.05) is 18.7 Å². The van der Waals surface area contributed by atoms with Crippen LogP contribution in [-0.4, -0.2) is 23.7 Å². The fourth-order valence-corrected chi connectivity index (χ4v) is 1.58. The molecule has 0 bridgehead atoms. The highest BCUT2D eigenvalue weighted by molar-refractivity contribution is 5.89. The zero-order chi connectivity index (χ0) is 14.8. The maximum Gasteiger partial charge on any atom is 0.319 e. The van der Waals surface area contributed by atoms with E-state index in [4.69, 9.17) is 10.4 Å². The number of hydrogen-bond acceptors (Lipinski definition) is 3. The Balaban J connectivity index is 2.25. The molecule has 0 heterocycles. The summed E-state index contributed by atoms with van der Waals surface area (Å²) in [5.41, 5.74) is 1.54. The first kappa shape index (κ1) is 15.5. The van der Waals surface area contributed by atoms with E-state index in [1.807, 2.05) is 0 Å². The topological polar surface area (TPSA) is 102 Å². The van der Waals surface area contributed by atoms with Gasteiger partial charge in [0.25, 0.3) is 0 Å². The Hall–Kier alpha value is -2.55. The summed E-state index contributed by atoms with van der Waals surface area (Å²) >= 11 is 0. The Morgan fingerprint density at radius 1 is 1.20 bits per heavy atom. The molecule has 0 spiro atoms. The zero-order valence-electron chi connectivity index (χ0n) is 11.1. The number of carbonyl (C=O) groups is 2. The molecular formula is C14H17N3O3. The molecule has 0 aliphatic heterocycles. The average Bonchev–Trinajstić information content (AvgIpc) is 2.40. The lowest BCUT2D eigenvalue weighted by Crippen LogP contribution is -2.29. The number of aliphatic carboxylic acids is 1. The van der Waals surface area contributed by atoms with E-state index < -0.39 is 5.97 Å². The predicted molar refractivity (Wildman–Crippen MR) is 74.3 cm³/mol. The van der Waals surface area contributed by atoms with Gasteiger partial charge in [-0.3, -0.25) is 4.79 Å². The highest BCUT2D eigenvalue weighted by atomic mass is 16.4. The van der Waals surface area contributed by atoms with Crippen LogP contribution >= 0.6 is 0 Å². The smallest absolute Gasteiger partial charge is 0.319 e. The molecule has 0 aliphatic rings. The molecule has 20 heavy (non-hydrogen) atoms. The van der Waals surface area contributed by atoms with Crippen LogP contribution in [0.1, 0.15) is 24.8 Å². The Kier molecular flexibility index (Phi) is 6.62. The summed E-state index contributed by atoms with van der Waals surface area (Å²) in [5.74, 6) is -0.827. The van der Waals surface area contributed by atoms with Crippen LogP contribution in [0.15, 0.2) is 24.3 Å². The third kappa shape index (κ3) is 6.40. The number of nitriles is 1. The largest absolute Gasteiger partial charge is 0.481 e. The molecule has 106 valence electrons. The second-order valence-corrected chi connectivity index (χ2v) is 4.26. The first-order valence-corrected chi connectivity index (χ1v) is 6.34. The van der Waals surface area contributed by atoms with Crippen molar-refractivity contribution in [3.63, 3.8) is 0 Å². The van der Waals surface area contributed by atoms with Crippen molar-refractivity contribution in [2.24, 2.45) is 0 Å². The maximum absolute atomic E-state index is 11.5. The van der Waals surface area contributed by atoms with Crippen LogP contribution in [0, 0.1) is 11.3 Å². The number of rotatable bonds is 7. The molecular weight excluding hydrogens is 258 g/mol. The van der Waals surface area contributed by atoms with Crippen molar-refractivity contribution >= 4 is 17.7 Å². The minimum absolute atomic E-state index is 0.115. The van der Waals surface area contributed by atoms with Gasteiger partial charge in [-0.05, 0) is 30.5 Å². The Morgan fingerprint density at radius 2 is 1.90 bits per heavy atom. The molecule has 6 nitrogen and oxygen atoms in total. The number of nitrogens with one attached hydrogen (secondary N) is 2.